The third-order valence-electron chi connectivity index (χ3n) is 2.92. The van der Waals surface area contributed by atoms with Crippen molar-refractivity contribution in [2.24, 2.45) is 0 Å². The molecule has 0 N–H and O–H groups in total. The molecule has 0 aliphatic heterocycles. The molecular formula is C14H19NO3S. The Hall–Kier alpha value is -1.54. The fourth-order valence-corrected chi connectivity index (χ4v) is 2.53. The van der Waals surface area contributed by atoms with Crippen LogP contribution in [0, 0.1) is 25.2 Å². The van der Waals surface area contributed by atoms with Gasteiger partial charge in [0.25, 0.3) is 0 Å². The predicted molar refractivity (Wildman–Crippen MR) is 75.0 cm³/mol. The van der Waals surface area contributed by atoms with E-state index in [4.69, 9.17) is 10.00 Å². The quantitative estimate of drug-likeness (QED) is 0.831. The molecule has 0 aromatic heterocycles. The molecule has 5 heteroatoms. The highest BCUT2D eigenvalue weighted by Gasteiger charge is 2.16. The summed E-state index contributed by atoms with van der Waals surface area (Å²) in [6.45, 7) is 7.15. The SMILES string of the molecule is Cc1cc(C#N)cc(C)c1OCCS(=O)(=O)C(C)C. The maximum absolute atomic E-state index is 11.7. The first-order valence-corrected chi connectivity index (χ1v) is 7.85. The number of hydrogen-bond acceptors (Lipinski definition) is 4. The highest BCUT2D eigenvalue weighted by atomic mass is 32.2. The van der Waals surface area contributed by atoms with Crippen molar-refractivity contribution in [3.05, 3.63) is 28.8 Å². The first kappa shape index (κ1) is 15.5. The molecule has 0 unspecified atom stereocenters. The zero-order chi connectivity index (χ0) is 14.6. The average Bonchev–Trinajstić information content (AvgIpc) is 2.32. The number of nitrogens with zero attached hydrogens (tertiary/aromatic N) is 1. The standard InChI is InChI=1S/C14H19NO3S/c1-10(2)19(16,17)6-5-18-14-11(3)7-13(9-15)8-12(14)4/h7-8,10H,5-6H2,1-4H3. The minimum absolute atomic E-state index is 0.00352. The second kappa shape index (κ2) is 6.07. The summed E-state index contributed by atoms with van der Waals surface area (Å²) in [6.07, 6.45) is 0. The van der Waals surface area contributed by atoms with Crippen LogP contribution in [0.3, 0.4) is 0 Å². The van der Waals surface area contributed by atoms with Crippen molar-refractivity contribution in [3.8, 4) is 11.8 Å². The lowest BCUT2D eigenvalue weighted by Gasteiger charge is -2.13. The Balaban J connectivity index is 2.78. The first-order valence-electron chi connectivity index (χ1n) is 6.13. The summed E-state index contributed by atoms with van der Waals surface area (Å²) in [6, 6.07) is 5.55. The molecule has 0 fully saturated rings. The topological polar surface area (TPSA) is 67.2 Å². The Bertz CT molecular complexity index is 575. The van der Waals surface area contributed by atoms with Crippen LogP contribution in [0.25, 0.3) is 0 Å². The molecule has 0 amide bonds. The summed E-state index contributed by atoms with van der Waals surface area (Å²) < 4.78 is 28.9. The van der Waals surface area contributed by atoms with E-state index in [1.807, 2.05) is 13.8 Å². The van der Waals surface area contributed by atoms with E-state index in [2.05, 4.69) is 6.07 Å². The van der Waals surface area contributed by atoms with Gasteiger partial charge in [0.2, 0.25) is 0 Å². The van der Waals surface area contributed by atoms with Gasteiger partial charge in [-0.15, -0.1) is 0 Å². The predicted octanol–water partition coefficient (Wildman–Crippen LogP) is 2.38. The molecule has 19 heavy (non-hydrogen) atoms. The second-order valence-electron chi connectivity index (χ2n) is 4.82. The van der Waals surface area contributed by atoms with Crippen LogP contribution in [0.1, 0.15) is 30.5 Å². The smallest absolute Gasteiger partial charge is 0.155 e. The van der Waals surface area contributed by atoms with Gasteiger partial charge in [-0.1, -0.05) is 0 Å². The monoisotopic (exact) mass is 281 g/mol. The number of sulfone groups is 1. The molecule has 0 bridgehead atoms. The van der Waals surface area contributed by atoms with Gasteiger partial charge >= 0.3 is 0 Å². The maximum atomic E-state index is 11.7. The first-order chi connectivity index (χ1) is 8.77. The fourth-order valence-electron chi connectivity index (χ4n) is 1.74. The summed E-state index contributed by atoms with van der Waals surface area (Å²) in [5.41, 5.74) is 2.27. The normalized spacial score (nSPS) is 11.4. The Labute approximate surface area is 114 Å². The van der Waals surface area contributed by atoms with Gasteiger partial charge in [0, 0.05) is 0 Å². The molecule has 1 aromatic rings. The van der Waals surface area contributed by atoms with Crippen molar-refractivity contribution in [1.29, 1.82) is 5.26 Å². The molecule has 4 nitrogen and oxygen atoms in total. The molecule has 0 heterocycles. The van der Waals surface area contributed by atoms with Crippen LogP contribution in [0.4, 0.5) is 0 Å². The van der Waals surface area contributed by atoms with E-state index in [1.165, 1.54) is 0 Å². The lowest BCUT2D eigenvalue weighted by atomic mass is 10.1. The van der Waals surface area contributed by atoms with Crippen LogP contribution in [0.5, 0.6) is 5.75 Å². The van der Waals surface area contributed by atoms with E-state index in [9.17, 15) is 8.42 Å². The van der Waals surface area contributed by atoms with Gasteiger partial charge in [-0.2, -0.15) is 5.26 Å². The molecule has 0 saturated carbocycles. The van der Waals surface area contributed by atoms with Crippen molar-refractivity contribution in [2.75, 3.05) is 12.4 Å². The van der Waals surface area contributed by atoms with E-state index < -0.39 is 9.84 Å². The maximum Gasteiger partial charge on any atom is 0.155 e. The number of aryl methyl sites for hydroxylation is 2. The van der Waals surface area contributed by atoms with Crippen LogP contribution >= 0.6 is 0 Å². The minimum Gasteiger partial charge on any atom is -0.492 e. The van der Waals surface area contributed by atoms with E-state index >= 15 is 0 Å². The Morgan fingerprint density at radius 1 is 1.26 bits per heavy atom. The highest BCUT2D eigenvalue weighted by molar-refractivity contribution is 7.91. The molecule has 1 rings (SSSR count). The van der Waals surface area contributed by atoms with Crippen LogP contribution in [-0.4, -0.2) is 26.0 Å². The van der Waals surface area contributed by atoms with Gasteiger partial charge in [-0.3, -0.25) is 0 Å². The zero-order valence-corrected chi connectivity index (χ0v) is 12.5. The molecule has 104 valence electrons. The molecule has 0 aliphatic rings. The lowest BCUT2D eigenvalue weighted by molar-refractivity contribution is 0.336. The zero-order valence-electron chi connectivity index (χ0n) is 11.7. The van der Waals surface area contributed by atoms with Gasteiger partial charge in [0.15, 0.2) is 9.84 Å². The summed E-state index contributed by atoms with van der Waals surface area (Å²) in [5.74, 6) is 0.668. The van der Waals surface area contributed by atoms with Crippen molar-refractivity contribution in [3.63, 3.8) is 0 Å². The largest absolute Gasteiger partial charge is 0.492 e. The average molecular weight is 281 g/mol. The molecule has 1 aromatic carbocycles. The highest BCUT2D eigenvalue weighted by Crippen LogP contribution is 2.24. The third-order valence-corrected chi connectivity index (χ3v) is 5.09. The van der Waals surface area contributed by atoms with Gasteiger partial charge in [0.1, 0.15) is 12.4 Å². The summed E-state index contributed by atoms with van der Waals surface area (Å²) in [5, 5.41) is 8.46. The molecule has 0 spiro atoms. The molecule has 0 atom stereocenters. The van der Waals surface area contributed by atoms with E-state index in [1.54, 1.807) is 26.0 Å². The van der Waals surface area contributed by atoms with Crippen molar-refractivity contribution in [2.45, 2.75) is 32.9 Å². The third kappa shape index (κ3) is 3.97. The number of ether oxygens (including phenoxy) is 1. The van der Waals surface area contributed by atoms with Gasteiger partial charge in [-0.05, 0) is 51.0 Å². The van der Waals surface area contributed by atoms with Crippen molar-refractivity contribution >= 4 is 9.84 Å². The summed E-state index contributed by atoms with van der Waals surface area (Å²) >= 11 is 0. The lowest BCUT2D eigenvalue weighted by Crippen LogP contribution is -2.22. The van der Waals surface area contributed by atoms with Gasteiger partial charge in [0.05, 0.1) is 22.6 Å². The van der Waals surface area contributed by atoms with Crippen LogP contribution in [-0.2, 0) is 9.84 Å². The van der Waals surface area contributed by atoms with Crippen molar-refractivity contribution < 1.29 is 13.2 Å². The Morgan fingerprint density at radius 3 is 2.21 bits per heavy atom. The van der Waals surface area contributed by atoms with Crippen LogP contribution in [0.15, 0.2) is 12.1 Å². The Kier molecular flexibility index (Phi) is 4.96. The van der Waals surface area contributed by atoms with E-state index in [0.29, 0.717) is 11.3 Å². The number of hydrogen-bond donors (Lipinski definition) is 0. The number of rotatable bonds is 5. The van der Waals surface area contributed by atoms with Gasteiger partial charge in [-0.25, -0.2) is 8.42 Å². The van der Waals surface area contributed by atoms with E-state index in [-0.39, 0.29) is 17.6 Å². The van der Waals surface area contributed by atoms with Crippen LogP contribution < -0.4 is 4.74 Å². The number of benzene rings is 1. The minimum atomic E-state index is -3.08. The molecular weight excluding hydrogens is 262 g/mol. The second-order valence-corrected chi connectivity index (χ2v) is 7.49. The van der Waals surface area contributed by atoms with Gasteiger partial charge < -0.3 is 4.74 Å². The molecule has 0 saturated heterocycles. The number of nitriles is 1. The summed E-state index contributed by atoms with van der Waals surface area (Å²) in [4.78, 5) is 0. The van der Waals surface area contributed by atoms with Crippen molar-refractivity contribution in [1.82, 2.24) is 0 Å². The fraction of sp³-hybridized carbons (Fsp3) is 0.500. The summed E-state index contributed by atoms with van der Waals surface area (Å²) in [7, 11) is -3.08. The molecule has 0 aliphatic carbocycles. The van der Waals surface area contributed by atoms with Crippen LogP contribution in [0.2, 0.25) is 0 Å². The molecule has 0 radical (unpaired) electrons. The van der Waals surface area contributed by atoms with E-state index in [0.717, 1.165) is 11.1 Å². The Morgan fingerprint density at radius 2 is 1.79 bits per heavy atom.